The second kappa shape index (κ2) is 50.8. The Labute approximate surface area is 865 Å². The monoisotopic (exact) mass is 1920 g/mol. The van der Waals surface area contributed by atoms with E-state index in [-0.39, 0.29) is 0 Å². The van der Waals surface area contributed by atoms with Crippen molar-refractivity contribution >= 4 is 67.4 Å². The summed E-state index contributed by atoms with van der Waals surface area (Å²) in [5.74, 6) is 6.19. The predicted octanol–water partition coefficient (Wildman–Crippen LogP) is 32.1. The summed E-state index contributed by atoms with van der Waals surface area (Å²) in [4.78, 5) is 25.8. The van der Waals surface area contributed by atoms with Crippen molar-refractivity contribution in [3.63, 3.8) is 0 Å². The summed E-state index contributed by atoms with van der Waals surface area (Å²) in [7, 11) is 8.57. The third kappa shape index (κ3) is 27.2. The predicted molar refractivity (Wildman–Crippen MR) is 617 cm³/mol. The average molecular weight is 1920 g/mol. The van der Waals surface area contributed by atoms with Gasteiger partial charge in [0, 0.05) is 82.4 Å². The van der Waals surface area contributed by atoms with Gasteiger partial charge in [-0.15, -0.1) is 11.3 Å². The van der Waals surface area contributed by atoms with Gasteiger partial charge in [0.15, 0.2) is 5.75 Å². The number of para-hydroxylation sites is 4. The van der Waals surface area contributed by atoms with Gasteiger partial charge >= 0.3 is 0 Å². The lowest BCUT2D eigenvalue weighted by Gasteiger charge is -2.38. The van der Waals surface area contributed by atoms with Crippen LogP contribution in [0.2, 0.25) is 0 Å². The van der Waals surface area contributed by atoms with Crippen LogP contribution in [0.1, 0.15) is 305 Å². The van der Waals surface area contributed by atoms with Gasteiger partial charge in [-0.2, -0.15) is 0 Å². The first kappa shape index (κ1) is 106. The van der Waals surface area contributed by atoms with Gasteiger partial charge in [0.2, 0.25) is 0 Å². The van der Waals surface area contributed by atoms with Gasteiger partial charge in [-0.05, 0) is 346 Å². The van der Waals surface area contributed by atoms with Crippen LogP contribution in [0.5, 0.6) is 11.5 Å². The quantitative estimate of drug-likeness (QED) is 0.0853. The Morgan fingerprint density at radius 2 is 0.678 bits per heavy atom. The number of rotatable bonds is 18. The molecule has 12 aromatic rings. The lowest BCUT2D eigenvalue weighted by atomic mass is 9.89. The summed E-state index contributed by atoms with van der Waals surface area (Å²) >= 11 is 1.81. The largest absolute Gasteiger partial charge is 0.454 e. The normalized spacial score (nSPS) is 16.2. The molecule has 4 aliphatic heterocycles. The second-order valence-corrected chi connectivity index (χ2v) is 44.0. The summed E-state index contributed by atoms with van der Waals surface area (Å²) < 4.78 is 6.19. The van der Waals surface area contributed by atoms with E-state index in [4.69, 9.17) is 14.7 Å². The molecule has 0 bridgehead atoms. The maximum atomic E-state index is 6.19. The molecule has 0 radical (unpaired) electrons. The van der Waals surface area contributed by atoms with E-state index < -0.39 is 0 Å². The topological polar surface area (TPSA) is 65.4 Å². The average Bonchev–Trinajstić information content (AvgIpc) is 1.63. The zero-order valence-electron chi connectivity index (χ0n) is 90.1. The molecule has 11 aromatic carbocycles. The van der Waals surface area contributed by atoms with Gasteiger partial charge in [-0.3, -0.25) is 9.80 Å². The summed E-state index contributed by atoms with van der Waals surface area (Å²) in [5, 5.41) is 4.80. The molecular formula is C132H163N9OS. The zero-order chi connectivity index (χ0) is 101. The van der Waals surface area contributed by atoms with Crippen molar-refractivity contribution in [3.8, 4) is 11.5 Å². The second-order valence-electron chi connectivity index (χ2n) is 42.8. The van der Waals surface area contributed by atoms with Gasteiger partial charge in [0.05, 0.1) is 22.5 Å². The van der Waals surface area contributed by atoms with E-state index in [0.29, 0.717) is 35.8 Å². The highest BCUT2D eigenvalue weighted by Crippen LogP contribution is 2.45. The van der Waals surface area contributed by atoms with Crippen LogP contribution < -0.4 is 10.1 Å². The minimum absolute atomic E-state index is 0.567. The fraction of sp³-hybridized carbons (Fsp3) is 0.394. The fourth-order valence-electron chi connectivity index (χ4n) is 21.1. The van der Waals surface area contributed by atoms with Crippen LogP contribution >= 0.6 is 11.3 Å². The van der Waals surface area contributed by atoms with Crippen LogP contribution in [0.3, 0.4) is 0 Å². The van der Waals surface area contributed by atoms with Gasteiger partial charge in [0.1, 0.15) is 28.1 Å². The van der Waals surface area contributed by atoms with Crippen LogP contribution in [0.25, 0.3) is 22.3 Å². The number of anilines is 2. The number of piperazine rings is 2. The highest BCUT2D eigenvalue weighted by atomic mass is 32.1. The number of hydrogen-bond acceptors (Lipinski definition) is 11. The Morgan fingerprint density at radius 1 is 0.329 bits per heavy atom. The number of nitrogens with one attached hydrogen (secondary N) is 1. The molecule has 0 spiro atoms. The highest BCUT2D eigenvalue weighted by Gasteiger charge is 2.32. The maximum absolute atomic E-state index is 6.19. The molecule has 2 fully saturated rings. The highest BCUT2D eigenvalue weighted by molar-refractivity contribution is 7.16. The molecule has 11 heteroatoms. The Balaban J connectivity index is 0.000000129. The number of benzene rings is 11. The molecule has 748 valence electrons. The molecule has 2 saturated heterocycles. The van der Waals surface area contributed by atoms with Crippen molar-refractivity contribution in [2.75, 3.05) is 99.0 Å². The molecule has 10 nitrogen and oxygen atoms in total. The lowest BCUT2D eigenvalue weighted by molar-refractivity contribution is 0.149. The number of fused-ring (bicyclic) bond motifs is 12. The van der Waals surface area contributed by atoms with Crippen molar-refractivity contribution in [3.05, 3.63) is 400 Å². The molecule has 8 aliphatic rings. The minimum Gasteiger partial charge on any atom is -0.454 e. The first-order valence-corrected chi connectivity index (χ1v) is 55.0. The zero-order valence-corrected chi connectivity index (χ0v) is 91.0. The first-order valence-electron chi connectivity index (χ1n) is 54.2. The summed E-state index contributed by atoms with van der Waals surface area (Å²) in [6, 6.07) is 90.5. The molecule has 0 unspecified atom stereocenters. The van der Waals surface area contributed by atoms with Crippen LogP contribution in [0.15, 0.2) is 277 Å². The number of aliphatic imine (C=N–C) groups is 2. The number of aryl methyl sites for hydroxylation is 10. The standard InChI is InChI=1S/2C23H29N.2C23H28.C21H25N3O.C19H24N4S/c1-17(2)19-13-14-22-20(16-19)12-11-18-8-5-6-9-21(18)23(22)10-7-15-24(3)4;1-17(2)20-14-13-19-12-11-18-8-5-6-9-21(18)22(23(19)16-20)10-7-15-24(3)4;1-4-5-6-11-23-21-10-8-7-9-18(21)12-13-20-16-19(17(2)3)14-15-22(20)23;1-4-5-6-11-22-21-10-8-7-9-18(21)12-13-19-14-15-20(17(2)3)16-23(19)22;1-15(2)23-10-12-24(13-11-23)21-17-14-16(3)8-9-19(17)25-20-7-5-4-6-18(20)22-21;1-13(2)22-8-10-23(11-9-22)18-15-12-14(3)24-19(15)21-17-7-5-4-6-16(17)20-18/h2*5-6,8-10,13-14,16-17H,7,11-12,15H2,1-4H3;2*7-11,14-17H,4-6,12-13H2,1-3H3;4-9,14-15H,10-13H2,1-3H3;4-7,12-13,21H,8-11H2,1-3H3/b23-10+;22-10+;23-11+;22-11+;;. The lowest BCUT2D eigenvalue weighted by Crippen LogP contribution is -2.50. The number of unbranched alkanes of at least 4 members (excludes halogenated alkanes) is 4. The van der Waals surface area contributed by atoms with E-state index in [9.17, 15) is 0 Å². The summed E-state index contributed by atoms with van der Waals surface area (Å²) in [6.07, 6.45) is 28.5. The first-order chi connectivity index (χ1) is 69.3. The van der Waals surface area contributed by atoms with Gasteiger partial charge in [0.25, 0.3) is 0 Å². The van der Waals surface area contributed by atoms with E-state index >= 15 is 0 Å². The SMILES string of the molecule is CC(C)c1ccc2c(c1)/C(=C/CCN(C)C)c1ccccc1CC2.CC(C)c1ccc2c(c1)CCc1ccccc1/C2=C\CCN(C)C.CCCC/C=C1\c2ccccc2CCc2cc(C(C)C)ccc21.CCCC/C=C1\c2ccccc2CCc2ccc(C(C)C)cc21.Cc1cc2c(s1)Nc1ccccc1N=C2N1CCN(C(C)C)CC1.Cc1ccc2c(c1)C(N1CCN(C(C)C)CC1)=Nc1ccccc1O2. The van der Waals surface area contributed by atoms with Crippen molar-refractivity contribution in [2.45, 2.75) is 249 Å². The molecule has 143 heavy (non-hydrogen) atoms. The maximum Gasteiger partial charge on any atom is 0.153 e. The Hall–Kier alpha value is -11.5. The summed E-state index contributed by atoms with van der Waals surface area (Å²) in [5.41, 5.74) is 41.7. The van der Waals surface area contributed by atoms with E-state index in [0.717, 1.165) is 175 Å². The smallest absolute Gasteiger partial charge is 0.153 e. The van der Waals surface area contributed by atoms with E-state index in [1.165, 1.54) is 193 Å². The molecule has 0 amide bonds. The van der Waals surface area contributed by atoms with Crippen molar-refractivity contribution in [1.82, 2.24) is 29.4 Å². The fourth-order valence-corrected chi connectivity index (χ4v) is 22.0. The minimum atomic E-state index is 0.567. The molecule has 20 rings (SSSR count). The van der Waals surface area contributed by atoms with Crippen LogP contribution in [-0.2, 0) is 51.4 Å². The van der Waals surface area contributed by atoms with Gasteiger partial charge in [-0.25, -0.2) is 9.98 Å². The Morgan fingerprint density at radius 3 is 1.10 bits per heavy atom. The number of allylic oxidation sites excluding steroid dienone is 2. The summed E-state index contributed by atoms with van der Waals surface area (Å²) in [6.45, 7) is 46.7. The number of thiophene rings is 1. The Bertz CT molecular complexity index is 6480. The van der Waals surface area contributed by atoms with Crippen LogP contribution in [0.4, 0.5) is 22.1 Å². The molecule has 4 aliphatic carbocycles. The number of amidine groups is 2. The van der Waals surface area contributed by atoms with Crippen molar-refractivity contribution in [1.29, 1.82) is 0 Å². The molecule has 0 atom stereocenters. The van der Waals surface area contributed by atoms with E-state index in [1.807, 2.05) is 35.6 Å². The third-order valence-corrected chi connectivity index (χ3v) is 30.7. The van der Waals surface area contributed by atoms with Crippen LogP contribution in [-0.4, -0.2) is 147 Å². The molecule has 1 aromatic heterocycles. The van der Waals surface area contributed by atoms with Crippen molar-refractivity contribution < 1.29 is 4.74 Å². The van der Waals surface area contributed by atoms with Gasteiger partial charge < -0.3 is 29.7 Å². The number of ether oxygens (including phenoxy) is 1. The molecule has 5 heterocycles. The number of hydrogen-bond donors (Lipinski definition) is 1. The molecule has 0 saturated carbocycles. The van der Waals surface area contributed by atoms with Crippen LogP contribution in [0, 0.1) is 13.8 Å². The number of nitrogens with zero attached hydrogens (tertiary/aromatic N) is 8. The molecular weight excluding hydrogens is 1760 g/mol. The van der Waals surface area contributed by atoms with Crippen molar-refractivity contribution in [2.24, 2.45) is 9.98 Å². The van der Waals surface area contributed by atoms with E-state index in [2.05, 4.69) is 416 Å². The Kier molecular flexibility index (Phi) is 37.6. The van der Waals surface area contributed by atoms with E-state index in [1.54, 1.807) is 0 Å². The third-order valence-electron chi connectivity index (χ3n) is 29.8. The van der Waals surface area contributed by atoms with Gasteiger partial charge in [-0.1, -0.05) is 325 Å². The molecule has 1 N–H and O–H groups in total.